The van der Waals surface area contributed by atoms with Gasteiger partial charge >= 0.3 is 0 Å². The summed E-state index contributed by atoms with van der Waals surface area (Å²) in [6.45, 7) is 0. The summed E-state index contributed by atoms with van der Waals surface area (Å²) in [6.07, 6.45) is 0. The van der Waals surface area contributed by atoms with Crippen LogP contribution < -0.4 is 0 Å². The van der Waals surface area contributed by atoms with E-state index in [4.69, 9.17) is 13.3 Å². The summed E-state index contributed by atoms with van der Waals surface area (Å²) in [6, 6.07) is 0. The molecule has 0 aromatic rings. The van der Waals surface area contributed by atoms with E-state index in [1.165, 1.54) is 0 Å². The molecule has 0 aliphatic heterocycles. The van der Waals surface area contributed by atoms with Crippen LogP contribution in [0, 0.1) is 0 Å². The molecule has 34 valence electrons. The Labute approximate surface area is 70.9 Å². The van der Waals surface area contributed by atoms with E-state index in [2.05, 4.69) is 11.2 Å². The Morgan fingerprint density at radius 2 is 1.29 bits per heavy atom. The molecule has 0 saturated carbocycles. The molecule has 0 fully saturated rings. The van der Waals surface area contributed by atoms with Crippen molar-refractivity contribution in [3.8, 4) is 0 Å². The fraction of sp³-hybridized carbons (Fsp3) is 0. The fourth-order valence-corrected chi connectivity index (χ4v) is 0. The van der Waals surface area contributed by atoms with E-state index < -0.39 is 9.05 Å². The van der Waals surface area contributed by atoms with E-state index in [0.717, 1.165) is 0 Å². The van der Waals surface area contributed by atoms with Gasteiger partial charge in [0.15, 0.2) is 0 Å². The van der Waals surface area contributed by atoms with Gasteiger partial charge in [0.1, 0.15) is 0 Å². The Hall–Kier alpha value is 1.48. The zero-order valence-corrected chi connectivity index (χ0v) is 5.75. The van der Waals surface area contributed by atoms with Crippen molar-refractivity contribution in [1.29, 1.82) is 0 Å². The Balaban J connectivity index is -0.0000000800. The summed E-state index contributed by atoms with van der Waals surface area (Å²) in [7, 11) is -3.83. The zero-order valence-electron chi connectivity index (χ0n) is 4.12. The molecule has 3 nitrogen and oxygen atoms in total. The summed E-state index contributed by atoms with van der Waals surface area (Å²) >= 11 is 3.47. The third-order valence-electron chi connectivity index (χ3n) is 0. The first-order valence-corrected chi connectivity index (χ1v) is 3.10. The topological polar surface area (TPSA) is 57.5 Å². The minimum atomic E-state index is -3.83. The molecule has 0 bridgehead atoms. The van der Waals surface area contributed by atoms with Crippen molar-refractivity contribution >= 4 is 58.0 Å². The minimum absolute atomic E-state index is 0. The molecule has 0 unspecified atom stereocenters. The SMILES string of the molecule is O=S(O)(O)=S.[Li].[Li]. The third-order valence-corrected chi connectivity index (χ3v) is 0. The maximum Gasteiger partial charge on any atom is 0.263 e. The van der Waals surface area contributed by atoms with Crippen molar-refractivity contribution in [2.45, 2.75) is 0 Å². The molecule has 0 atom stereocenters. The molecule has 2 N–H and O–H groups in total. The molecule has 0 spiro atoms. The number of rotatable bonds is 0. The largest absolute Gasteiger partial charge is 0.285 e. The van der Waals surface area contributed by atoms with Gasteiger partial charge in [-0.15, -0.1) is 0 Å². The van der Waals surface area contributed by atoms with Gasteiger partial charge in [-0.25, -0.2) is 0 Å². The van der Waals surface area contributed by atoms with Gasteiger partial charge < -0.3 is 0 Å². The van der Waals surface area contributed by atoms with Gasteiger partial charge in [-0.1, -0.05) is 0 Å². The maximum atomic E-state index is 9.11. The van der Waals surface area contributed by atoms with E-state index in [1.807, 2.05) is 0 Å². The predicted molar refractivity (Wildman–Crippen MR) is 32.3 cm³/mol. The van der Waals surface area contributed by atoms with Crippen LogP contribution in [0.5, 0.6) is 0 Å². The molecule has 0 aliphatic rings. The van der Waals surface area contributed by atoms with Crippen LogP contribution in [0.15, 0.2) is 0 Å². The van der Waals surface area contributed by atoms with Gasteiger partial charge in [-0.3, -0.25) is 9.11 Å². The van der Waals surface area contributed by atoms with Gasteiger partial charge in [-0.05, 0) is 0 Å². The van der Waals surface area contributed by atoms with Crippen molar-refractivity contribution in [3.63, 3.8) is 0 Å². The van der Waals surface area contributed by atoms with E-state index in [-0.39, 0.29) is 37.7 Å². The van der Waals surface area contributed by atoms with Crippen LogP contribution in [0.25, 0.3) is 0 Å². The molecule has 0 aromatic carbocycles. The first kappa shape index (κ1) is 15.8. The quantitative estimate of drug-likeness (QED) is 0.407. The molecular formula is H2Li2O3S2. The molecule has 2 radical (unpaired) electrons. The third kappa shape index (κ3) is 102. The van der Waals surface area contributed by atoms with Gasteiger partial charge in [0.05, 0.1) is 0 Å². The van der Waals surface area contributed by atoms with E-state index in [0.29, 0.717) is 0 Å². The van der Waals surface area contributed by atoms with E-state index >= 15 is 0 Å². The van der Waals surface area contributed by atoms with E-state index in [9.17, 15) is 0 Å². The van der Waals surface area contributed by atoms with E-state index in [1.54, 1.807) is 0 Å². The first-order chi connectivity index (χ1) is 2.00. The van der Waals surface area contributed by atoms with Crippen LogP contribution in [0.3, 0.4) is 0 Å². The second-order valence-electron chi connectivity index (χ2n) is 0.448. The average Bonchev–Trinajstić information content (AvgIpc) is 0.722. The Morgan fingerprint density at radius 1 is 1.29 bits per heavy atom. The van der Waals surface area contributed by atoms with Crippen LogP contribution in [0.4, 0.5) is 0 Å². The molecule has 7 heavy (non-hydrogen) atoms. The van der Waals surface area contributed by atoms with Crippen molar-refractivity contribution in [2.75, 3.05) is 0 Å². The Morgan fingerprint density at radius 3 is 1.29 bits per heavy atom. The van der Waals surface area contributed by atoms with Gasteiger partial charge in [0, 0.05) is 48.9 Å². The second-order valence-corrected chi connectivity index (χ2v) is 2.65. The van der Waals surface area contributed by atoms with Gasteiger partial charge in [0.25, 0.3) is 9.05 Å². The molecule has 0 heterocycles. The predicted octanol–water partition coefficient (Wildman–Crippen LogP) is -1.08. The van der Waals surface area contributed by atoms with Crippen molar-refractivity contribution in [3.05, 3.63) is 0 Å². The Bertz CT molecular complexity index is 94.1. The van der Waals surface area contributed by atoms with Crippen LogP contribution in [0.2, 0.25) is 0 Å². The molecule has 0 aromatic heterocycles. The summed E-state index contributed by atoms with van der Waals surface area (Å²) in [5.41, 5.74) is 0. The van der Waals surface area contributed by atoms with Crippen LogP contribution in [-0.2, 0) is 20.2 Å². The molecule has 0 rings (SSSR count). The first-order valence-electron chi connectivity index (χ1n) is 0.698. The normalized spacial score (nSPS) is 8.29. The van der Waals surface area contributed by atoms with Gasteiger partial charge in [-0.2, -0.15) is 4.21 Å². The van der Waals surface area contributed by atoms with Crippen molar-refractivity contribution in [2.24, 2.45) is 0 Å². The summed E-state index contributed by atoms with van der Waals surface area (Å²) in [5, 5.41) is 0. The minimum Gasteiger partial charge on any atom is -0.285 e. The molecule has 7 heteroatoms. The van der Waals surface area contributed by atoms with Crippen LogP contribution in [0.1, 0.15) is 0 Å². The smallest absolute Gasteiger partial charge is 0.263 e. The summed E-state index contributed by atoms with van der Waals surface area (Å²) in [4.78, 5) is 0. The van der Waals surface area contributed by atoms with Gasteiger partial charge in [0.2, 0.25) is 0 Å². The molecule has 0 amide bonds. The number of hydrogen-bond donors (Lipinski definition) is 2. The Kier molecular flexibility index (Phi) is 12.7. The molecule has 0 aliphatic carbocycles. The zero-order chi connectivity index (χ0) is 4.50. The van der Waals surface area contributed by atoms with Crippen molar-refractivity contribution in [1.82, 2.24) is 0 Å². The molecular weight excluding hydrogens is 126 g/mol. The summed E-state index contributed by atoms with van der Waals surface area (Å²) in [5.74, 6) is 0. The maximum absolute atomic E-state index is 9.11. The van der Waals surface area contributed by atoms with Crippen LogP contribution >= 0.6 is 0 Å². The standard InChI is InChI=1S/2Li.H2O3S2/c;;1-5(2,3)4/h;;(H2,1,2,3,4). The number of hydrogen-bond acceptors (Lipinski definition) is 2. The fourth-order valence-electron chi connectivity index (χ4n) is 0. The van der Waals surface area contributed by atoms with Crippen LogP contribution in [-0.4, -0.2) is 51.0 Å². The average molecular weight is 128 g/mol. The van der Waals surface area contributed by atoms with Crippen molar-refractivity contribution < 1.29 is 13.3 Å². The monoisotopic (exact) mass is 128 g/mol. The molecule has 0 saturated heterocycles. The summed E-state index contributed by atoms with van der Waals surface area (Å²) < 4.78 is 24.0. The second kappa shape index (κ2) is 5.62.